The molecule has 4 aliphatic carbocycles. The zero-order chi connectivity index (χ0) is 19.5. The van der Waals surface area contributed by atoms with E-state index in [9.17, 15) is 8.42 Å². The standard InChI is InChI=1S/C11H22O2SSi.C10H20Si/c1-14(12,13)10-6-9-5-8(10)7-11(9)15(2,3)4;1-11(2,3)10-7-8-4-5-9(10)6-8/h8-11H,5-7H2,1-4H3;8-10H,4-7H2,1-3H3. The van der Waals surface area contributed by atoms with Gasteiger partial charge in [0, 0.05) is 22.4 Å². The van der Waals surface area contributed by atoms with Crippen LogP contribution >= 0.6 is 0 Å². The average Bonchev–Trinajstić information content (AvgIpc) is 3.24. The number of sulfone groups is 1. The van der Waals surface area contributed by atoms with Crippen LogP contribution in [0, 0.1) is 23.7 Å². The molecular formula is C21H42O2SSi2. The van der Waals surface area contributed by atoms with E-state index in [1.165, 1.54) is 24.6 Å². The highest BCUT2D eigenvalue weighted by Crippen LogP contribution is 2.57. The highest BCUT2D eigenvalue weighted by molar-refractivity contribution is 7.91. The van der Waals surface area contributed by atoms with Gasteiger partial charge in [-0.15, -0.1) is 0 Å². The maximum absolute atomic E-state index is 11.6. The Balaban J connectivity index is 0.000000158. The summed E-state index contributed by atoms with van der Waals surface area (Å²) in [5.41, 5.74) is 2.06. The summed E-state index contributed by atoms with van der Waals surface area (Å²) >= 11 is 0. The molecule has 5 heteroatoms. The first-order valence-electron chi connectivity index (χ1n) is 11.0. The fourth-order valence-corrected chi connectivity index (χ4v) is 14.1. The summed E-state index contributed by atoms with van der Waals surface area (Å²) in [4.78, 5) is 0. The van der Waals surface area contributed by atoms with Gasteiger partial charge in [0.1, 0.15) is 0 Å². The molecule has 26 heavy (non-hydrogen) atoms. The van der Waals surface area contributed by atoms with Crippen molar-refractivity contribution in [3.05, 3.63) is 0 Å². The van der Waals surface area contributed by atoms with Crippen molar-refractivity contribution in [2.75, 3.05) is 6.26 Å². The SMILES string of the molecule is C[Si](C)(C)C1CC2CC1CC2S(C)(=O)=O.C[Si](C)(C)C1CC2CCC1C2. The molecule has 4 bridgehead atoms. The fourth-order valence-electron chi connectivity index (χ4n) is 7.11. The van der Waals surface area contributed by atoms with Crippen LogP contribution in [0.25, 0.3) is 0 Å². The quantitative estimate of drug-likeness (QED) is 0.526. The minimum absolute atomic E-state index is 0.00454. The predicted octanol–water partition coefficient (Wildman–Crippen LogP) is 6.05. The molecule has 0 radical (unpaired) electrons. The van der Waals surface area contributed by atoms with E-state index in [2.05, 4.69) is 39.3 Å². The second-order valence-corrected chi connectivity index (χ2v) is 25.4. The fraction of sp³-hybridized carbons (Fsp3) is 1.00. The third kappa shape index (κ3) is 4.35. The van der Waals surface area contributed by atoms with Gasteiger partial charge >= 0.3 is 0 Å². The first-order chi connectivity index (χ1) is 11.8. The summed E-state index contributed by atoms with van der Waals surface area (Å²) in [6.45, 7) is 14.9. The highest BCUT2D eigenvalue weighted by Gasteiger charge is 2.52. The second-order valence-electron chi connectivity index (χ2n) is 12.2. The van der Waals surface area contributed by atoms with Crippen LogP contribution in [0.15, 0.2) is 0 Å². The van der Waals surface area contributed by atoms with Crippen LogP contribution < -0.4 is 0 Å². The van der Waals surface area contributed by atoms with Gasteiger partial charge in [-0.2, -0.15) is 0 Å². The van der Waals surface area contributed by atoms with Crippen molar-refractivity contribution in [1.29, 1.82) is 0 Å². The van der Waals surface area contributed by atoms with Crippen LogP contribution in [0.4, 0.5) is 0 Å². The van der Waals surface area contributed by atoms with Crippen molar-refractivity contribution in [3.63, 3.8) is 0 Å². The Morgan fingerprint density at radius 1 is 0.654 bits per heavy atom. The molecule has 0 aliphatic heterocycles. The van der Waals surface area contributed by atoms with Gasteiger partial charge in [0.05, 0.1) is 5.25 Å². The molecule has 0 heterocycles. The normalized spacial score (nSPS) is 42.0. The molecule has 0 saturated heterocycles. The molecule has 2 nitrogen and oxygen atoms in total. The van der Waals surface area contributed by atoms with Crippen LogP contribution in [0.5, 0.6) is 0 Å². The van der Waals surface area contributed by atoms with E-state index < -0.39 is 26.0 Å². The molecule has 0 amide bonds. The molecule has 0 N–H and O–H groups in total. The van der Waals surface area contributed by atoms with Gasteiger partial charge in [-0.25, -0.2) is 8.42 Å². The molecule has 0 aromatic rings. The van der Waals surface area contributed by atoms with Gasteiger partial charge in [-0.1, -0.05) is 52.1 Å². The predicted molar refractivity (Wildman–Crippen MR) is 119 cm³/mol. The van der Waals surface area contributed by atoms with Crippen LogP contribution in [0.1, 0.15) is 44.9 Å². The van der Waals surface area contributed by atoms with Crippen LogP contribution in [-0.4, -0.2) is 36.1 Å². The van der Waals surface area contributed by atoms with Crippen molar-refractivity contribution >= 4 is 26.0 Å². The van der Waals surface area contributed by atoms with Crippen molar-refractivity contribution < 1.29 is 8.42 Å². The molecule has 7 atom stereocenters. The zero-order valence-corrected chi connectivity index (χ0v) is 21.0. The maximum atomic E-state index is 11.6. The van der Waals surface area contributed by atoms with Crippen molar-refractivity contribution in [2.24, 2.45) is 23.7 Å². The highest BCUT2D eigenvalue weighted by atomic mass is 32.2. The van der Waals surface area contributed by atoms with Crippen LogP contribution in [-0.2, 0) is 9.84 Å². The number of hydrogen-bond donors (Lipinski definition) is 0. The molecule has 7 unspecified atom stereocenters. The summed E-state index contributed by atoms with van der Waals surface area (Å²) < 4.78 is 23.2. The van der Waals surface area contributed by atoms with E-state index in [4.69, 9.17) is 0 Å². The molecule has 0 aromatic carbocycles. The van der Waals surface area contributed by atoms with Crippen molar-refractivity contribution in [2.45, 2.75) is 101 Å². The first-order valence-corrected chi connectivity index (χ1v) is 20.1. The molecule has 0 spiro atoms. The van der Waals surface area contributed by atoms with Gasteiger partial charge in [-0.05, 0) is 66.9 Å². The van der Waals surface area contributed by atoms with E-state index in [0.717, 1.165) is 29.7 Å². The van der Waals surface area contributed by atoms with E-state index in [-0.39, 0.29) is 5.25 Å². The third-order valence-electron chi connectivity index (χ3n) is 8.30. The first kappa shape index (κ1) is 21.1. The van der Waals surface area contributed by atoms with Crippen LogP contribution in [0.2, 0.25) is 50.4 Å². The minimum Gasteiger partial charge on any atom is -0.229 e. The van der Waals surface area contributed by atoms with Gasteiger partial charge in [0.25, 0.3) is 0 Å². The Morgan fingerprint density at radius 3 is 1.54 bits per heavy atom. The molecule has 0 aromatic heterocycles. The van der Waals surface area contributed by atoms with Crippen molar-refractivity contribution in [3.8, 4) is 0 Å². The van der Waals surface area contributed by atoms with E-state index >= 15 is 0 Å². The summed E-state index contributed by atoms with van der Waals surface area (Å²) in [5.74, 6) is 3.52. The number of fused-ring (bicyclic) bond motifs is 4. The average molecular weight is 415 g/mol. The molecule has 4 fully saturated rings. The third-order valence-corrected chi connectivity index (χ3v) is 15.8. The number of hydrogen-bond acceptors (Lipinski definition) is 2. The van der Waals surface area contributed by atoms with E-state index in [1.807, 2.05) is 0 Å². The molecule has 4 aliphatic rings. The summed E-state index contributed by atoms with van der Waals surface area (Å²) in [6, 6.07) is 0. The maximum Gasteiger partial charge on any atom is 0.150 e. The lowest BCUT2D eigenvalue weighted by Gasteiger charge is -2.34. The molecule has 4 saturated carbocycles. The van der Waals surface area contributed by atoms with Gasteiger partial charge in [0.15, 0.2) is 9.84 Å². The monoisotopic (exact) mass is 414 g/mol. The van der Waals surface area contributed by atoms with E-state index in [1.54, 1.807) is 25.7 Å². The topological polar surface area (TPSA) is 34.1 Å². The Bertz CT molecular complexity index is 617. The molecular weight excluding hydrogens is 372 g/mol. The summed E-state index contributed by atoms with van der Waals surface area (Å²) in [5, 5.41) is -0.00454. The Kier molecular flexibility index (Phi) is 5.69. The van der Waals surface area contributed by atoms with Gasteiger partial charge in [0.2, 0.25) is 0 Å². The molecule has 4 rings (SSSR count). The smallest absolute Gasteiger partial charge is 0.150 e. The molecule has 152 valence electrons. The van der Waals surface area contributed by atoms with Crippen molar-refractivity contribution in [1.82, 2.24) is 0 Å². The Labute approximate surface area is 164 Å². The zero-order valence-electron chi connectivity index (χ0n) is 18.2. The Hall–Kier alpha value is 0.384. The summed E-state index contributed by atoms with van der Waals surface area (Å²) in [7, 11) is -4.63. The second kappa shape index (κ2) is 7.01. The lowest BCUT2D eigenvalue weighted by atomic mass is 9.99. The lowest BCUT2D eigenvalue weighted by Crippen LogP contribution is -2.36. The van der Waals surface area contributed by atoms with Crippen LogP contribution in [0.3, 0.4) is 0 Å². The minimum atomic E-state index is -2.79. The number of rotatable bonds is 3. The summed E-state index contributed by atoms with van der Waals surface area (Å²) in [6.07, 6.45) is 11.1. The van der Waals surface area contributed by atoms with E-state index in [0.29, 0.717) is 5.92 Å². The largest absolute Gasteiger partial charge is 0.229 e. The van der Waals surface area contributed by atoms with Gasteiger partial charge < -0.3 is 0 Å². The Morgan fingerprint density at radius 2 is 1.23 bits per heavy atom. The van der Waals surface area contributed by atoms with Gasteiger partial charge in [-0.3, -0.25) is 0 Å². The lowest BCUT2D eigenvalue weighted by molar-refractivity contribution is 0.458.